The molecule has 3 heterocycles. The van der Waals surface area contributed by atoms with Gasteiger partial charge in [0.25, 0.3) is 0 Å². The van der Waals surface area contributed by atoms with Crippen LogP contribution in [0.4, 0.5) is 8.78 Å². The lowest BCUT2D eigenvalue weighted by atomic mass is 9.99. The van der Waals surface area contributed by atoms with E-state index < -0.39 is 17.4 Å². The van der Waals surface area contributed by atoms with Gasteiger partial charge in [0.2, 0.25) is 5.95 Å². The fraction of sp³-hybridized carbons (Fsp3) is 0.158. The normalized spacial score (nSPS) is 12.0. The van der Waals surface area contributed by atoms with E-state index in [4.69, 9.17) is 0 Å². The molecule has 0 radical (unpaired) electrons. The molecule has 132 valence electrons. The number of benzene rings is 1. The number of aliphatic hydroxyl groups is 1. The molecule has 0 unspecified atom stereocenters. The largest absolute Gasteiger partial charge is 0.386 e. The van der Waals surface area contributed by atoms with Gasteiger partial charge >= 0.3 is 0 Å². The summed E-state index contributed by atoms with van der Waals surface area (Å²) in [5.74, 6) is -1.12. The zero-order chi connectivity index (χ0) is 18.5. The number of pyridine rings is 1. The molecule has 0 saturated carbocycles. The van der Waals surface area contributed by atoms with E-state index in [1.807, 2.05) is 24.3 Å². The Balaban J connectivity index is 1.84. The van der Waals surface area contributed by atoms with Crippen LogP contribution in [0.5, 0.6) is 0 Å². The first-order valence-corrected chi connectivity index (χ1v) is 8.03. The van der Waals surface area contributed by atoms with E-state index >= 15 is 0 Å². The minimum absolute atomic E-state index is 0.138. The summed E-state index contributed by atoms with van der Waals surface area (Å²) < 4.78 is 31.1. The monoisotopic (exact) mass is 354 g/mol. The predicted molar refractivity (Wildman–Crippen MR) is 92.9 cm³/mol. The Labute approximate surface area is 148 Å². The molecule has 0 aliphatic rings. The Morgan fingerprint density at radius 3 is 2.62 bits per heavy atom. The van der Waals surface area contributed by atoms with E-state index in [1.165, 1.54) is 26.4 Å². The maximum absolute atomic E-state index is 14.7. The van der Waals surface area contributed by atoms with Crippen LogP contribution in [0.1, 0.15) is 19.4 Å². The molecule has 0 fully saturated rings. The maximum atomic E-state index is 14.7. The maximum Gasteiger partial charge on any atom is 0.231 e. The molecule has 0 amide bonds. The van der Waals surface area contributed by atoms with Crippen LogP contribution in [0, 0.1) is 11.8 Å². The van der Waals surface area contributed by atoms with Gasteiger partial charge in [-0.25, -0.2) is 14.4 Å². The highest BCUT2D eigenvalue weighted by Crippen LogP contribution is 2.29. The fourth-order valence-electron chi connectivity index (χ4n) is 2.97. The van der Waals surface area contributed by atoms with Gasteiger partial charge < -0.3 is 9.67 Å². The van der Waals surface area contributed by atoms with Gasteiger partial charge in [0.1, 0.15) is 6.33 Å². The van der Waals surface area contributed by atoms with Crippen molar-refractivity contribution in [2.45, 2.75) is 19.4 Å². The number of nitrogens with zero attached hydrogens (tertiary/aromatic N) is 4. The van der Waals surface area contributed by atoms with Crippen molar-refractivity contribution in [1.29, 1.82) is 0 Å². The predicted octanol–water partition coefficient (Wildman–Crippen LogP) is 3.69. The van der Waals surface area contributed by atoms with Crippen molar-refractivity contribution in [3.8, 4) is 16.9 Å². The second-order valence-electron chi connectivity index (χ2n) is 6.59. The van der Waals surface area contributed by atoms with Crippen LogP contribution in [-0.2, 0) is 5.60 Å². The molecule has 0 saturated heterocycles. The minimum atomic E-state index is -1.30. The van der Waals surface area contributed by atoms with Crippen LogP contribution >= 0.6 is 0 Å². The molecular formula is C19H16F2N4O. The SMILES string of the molecule is CC(C)(O)c1ccn2c(-c3cccc(-n4cnc(F)c4)c3)cnc2c1F. The van der Waals surface area contributed by atoms with Crippen LogP contribution in [-0.4, -0.2) is 24.0 Å². The molecule has 4 aromatic rings. The lowest BCUT2D eigenvalue weighted by Crippen LogP contribution is -2.18. The Morgan fingerprint density at radius 1 is 1.12 bits per heavy atom. The first-order valence-electron chi connectivity index (χ1n) is 8.03. The van der Waals surface area contributed by atoms with E-state index in [1.54, 1.807) is 27.4 Å². The van der Waals surface area contributed by atoms with Gasteiger partial charge in [0.15, 0.2) is 11.5 Å². The molecule has 0 atom stereocenters. The van der Waals surface area contributed by atoms with Crippen molar-refractivity contribution in [3.63, 3.8) is 0 Å². The van der Waals surface area contributed by atoms with E-state index in [-0.39, 0.29) is 11.2 Å². The van der Waals surface area contributed by atoms with Crippen LogP contribution in [0.25, 0.3) is 22.6 Å². The van der Waals surface area contributed by atoms with E-state index in [0.717, 1.165) is 11.3 Å². The number of imidazole rings is 2. The third-order valence-corrected chi connectivity index (χ3v) is 4.27. The molecule has 0 spiro atoms. The Bertz CT molecular complexity index is 1110. The number of aromatic nitrogens is 4. The topological polar surface area (TPSA) is 55.4 Å². The zero-order valence-corrected chi connectivity index (χ0v) is 14.2. The van der Waals surface area contributed by atoms with Gasteiger partial charge in [-0.2, -0.15) is 4.39 Å². The second-order valence-corrected chi connectivity index (χ2v) is 6.59. The van der Waals surface area contributed by atoms with Crippen molar-refractivity contribution < 1.29 is 13.9 Å². The first-order chi connectivity index (χ1) is 12.3. The van der Waals surface area contributed by atoms with E-state index in [9.17, 15) is 13.9 Å². The summed E-state index contributed by atoms with van der Waals surface area (Å²) in [6.07, 6.45) is 5.92. The molecule has 3 aromatic heterocycles. The van der Waals surface area contributed by atoms with Crippen molar-refractivity contribution in [3.05, 3.63) is 72.6 Å². The zero-order valence-electron chi connectivity index (χ0n) is 14.2. The molecule has 7 heteroatoms. The minimum Gasteiger partial charge on any atom is -0.386 e. The van der Waals surface area contributed by atoms with E-state index in [2.05, 4.69) is 9.97 Å². The number of halogens is 2. The average Bonchev–Trinajstić information content (AvgIpc) is 3.21. The van der Waals surface area contributed by atoms with Crippen molar-refractivity contribution in [2.24, 2.45) is 0 Å². The van der Waals surface area contributed by atoms with Gasteiger partial charge in [-0.3, -0.25) is 4.40 Å². The van der Waals surface area contributed by atoms with Crippen LogP contribution in [0.2, 0.25) is 0 Å². The molecule has 0 aliphatic carbocycles. The summed E-state index contributed by atoms with van der Waals surface area (Å²) in [4.78, 5) is 7.76. The lowest BCUT2D eigenvalue weighted by molar-refractivity contribution is 0.0746. The third-order valence-electron chi connectivity index (χ3n) is 4.27. The van der Waals surface area contributed by atoms with Crippen molar-refractivity contribution >= 4 is 5.65 Å². The van der Waals surface area contributed by atoms with Crippen LogP contribution < -0.4 is 0 Å². The Morgan fingerprint density at radius 2 is 1.92 bits per heavy atom. The highest BCUT2D eigenvalue weighted by molar-refractivity contribution is 5.66. The van der Waals surface area contributed by atoms with Crippen molar-refractivity contribution in [1.82, 2.24) is 18.9 Å². The summed E-state index contributed by atoms with van der Waals surface area (Å²) in [5, 5.41) is 10.1. The molecule has 26 heavy (non-hydrogen) atoms. The van der Waals surface area contributed by atoms with Gasteiger partial charge in [-0.1, -0.05) is 12.1 Å². The fourth-order valence-corrected chi connectivity index (χ4v) is 2.97. The number of hydrogen-bond acceptors (Lipinski definition) is 3. The van der Waals surface area contributed by atoms with Gasteiger partial charge in [0.05, 0.1) is 23.7 Å². The third kappa shape index (κ3) is 2.66. The summed E-state index contributed by atoms with van der Waals surface area (Å²) in [6, 6.07) is 8.89. The lowest BCUT2D eigenvalue weighted by Gasteiger charge is -2.18. The molecule has 1 aromatic carbocycles. The summed E-state index contributed by atoms with van der Waals surface area (Å²) in [6.45, 7) is 3.05. The Kier molecular flexibility index (Phi) is 3.62. The number of rotatable bonds is 3. The molecule has 1 N–H and O–H groups in total. The number of hydrogen-bond donors (Lipinski definition) is 1. The Hall–Kier alpha value is -3.06. The highest BCUT2D eigenvalue weighted by atomic mass is 19.1. The van der Waals surface area contributed by atoms with Crippen LogP contribution in [0.3, 0.4) is 0 Å². The molecule has 0 bridgehead atoms. The summed E-state index contributed by atoms with van der Waals surface area (Å²) in [5.41, 5.74) is 1.22. The van der Waals surface area contributed by atoms with Gasteiger partial charge in [0, 0.05) is 23.0 Å². The standard InChI is InChI=1S/C19H16F2N4O/c1-19(2,26)14-6-7-25-15(9-22-18(25)17(14)21)12-4-3-5-13(8-12)24-10-16(20)23-11-24/h3-11,26H,1-2H3. The van der Waals surface area contributed by atoms with Gasteiger partial charge in [-0.05, 0) is 32.0 Å². The van der Waals surface area contributed by atoms with Crippen molar-refractivity contribution in [2.75, 3.05) is 0 Å². The molecular weight excluding hydrogens is 338 g/mol. The summed E-state index contributed by atoms with van der Waals surface area (Å²) in [7, 11) is 0. The second kappa shape index (κ2) is 5.74. The summed E-state index contributed by atoms with van der Waals surface area (Å²) >= 11 is 0. The first kappa shape index (κ1) is 16.4. The highest BCUT2D eigenvalue weighted by Gasteiger charge is 2.23. The van der Waals surface area contributed by atoms with E-state index in [0.29, 0.717) is 5.69 Å². The molecule has 4 rings (SSSR count). The molecule has 0 aliphatic heterocycles. The smallest absolute Gasteiger partial charge is 0.231 e. The number of fused-ring (bicyclic) bond motifs is 1. The quantitative estimate of drug-likeness (QED) is 0.610. The average molecular weight is 354 g/mol. The van der Waals surface area contributed by atoms with Crippen LogP contribution in [0.15, 0.2) is 55.2 Å². The van der Waals surface area contributed by atoms with Gasteiger partial charge in [-0.15, -0.1) is 0 Å². The molecule has 5 nitrogen and oxygen atoms in total.